The second-order valence-corrected chi connectivity index (χ2v) is 5.00. The van der Waals surface area contributed by atoms with E-state index in [0.717, 1.165) is 24.8 Å². The third kappa shape index (κ3) is 5.61. The van der Waals surface area contributed by atoms with Crippen LogP contribution in [0, 0.1) is 0 Å². The molecule has 0 spiro atoms. The fourth-order valence-corrected chi connectivity index (χ4v) is 1.81. The lowest BCUT2D eigenvalue weighted by Gasteiger charge is -2.15. The Morgan fingerprint density at radius 3 is 2.45 bits per heavy atom. The van der Waals surface area contributed by atoms with E-state index in [4.69, 9.17) is 4.74 Å². The van der Waals surface area contributed by atoms with E-state index in [-0.39, 0.29) is 5.91 Å². The molecule has 1 unspecified atom stereocenters. The molecule has 0 aromatic heterocycles. The molecule has 0 radical (unpaired) electrons. The summed E-state index contributed by atoms with van der Waals surface area (Å²) >= 11 is 0. The summed E-state index contributed by atoms with van der Waals surface area (Å²) in [6.45, 7) is 6.27. The van der Waals surface area contributed by atoms with Gasteiger partial charge < -0.3 is 15.2 Å². The highest BCUT2D eigenvalue weighted by molar-refractivity contribution is 5.80. The molecule has 4 heteroatoms. The van der Waals surface area contributed by atoms with Crippen LogP contribution in [0.15, 0.2) is 24.3 Å². The summed E-state index contributed by atoms with van der Waals surface area (Å²) in [4.78, 5) is 11.8. The number of hydrogen-bond acceptors (Lipinski definition) is 3. The standard InChI is InChI=1S/C16H25NO3/c1-4-5-6-11-17-16(19)13(3)20-15-9-7-14(8-10-15)12(2)18/h7-10,12-13,18H,4-6,11H2,1-3H3,(H,17,19)/t12-,13?/m1/s1. The van der Waals surface area contributed by atoms with E-state index in [2.05, 4.69) is 12.2 Å². The van der Waals surface area contributed by atoms with Crippen LogP contribution in [0.3, 0.4) is 0 Å². The van der Waals surface area contributed by atoms with E-state index in [1.165, 1.54) is 0 Å². The number of ether oxygens (including phenoxy) is 1. The quantitative estimate of drug-likeness (QED) is 0.719. The zero-order chi connectivity index (χ0) is 15.0. The van der Waals surface area contributed by atoms with Crippen LogP contribution in [-0.2, 0) is 4.79 Å². The fraction of sp³-hybridized carbons (Fsp3) is 0.562. The average Bonchev–Trinajstić information content (AvgIpc) is 2.44. The summed E-state index contributed by atoms with van der Waals surface area (Å²) in [5.74, 6) is 0.534. The van der Waals surface area contributed by atoms with Crippen molar-refractivity contribution in [3.05, 3.63) is 29.8 Å². The lowest BCUT2D eigenvalue weighted by atomic mass is 10.1. The van der Waals surface area contributed by atoms with Crippen molar-refractivity contribution in [2.45, 2.75) is 52.2 Å². The molecule has 0 aliphatic carbocycles. The van der Waals surface area contributed by atoms with E-state index in [9.17, 15) is 9.90 Å². The maximum Gasteiger partial charge on any atom is 0.260 e. The second kappa shape index (κ2) is 8.59. The van der Waals surface area contributed by atoms with Crippen molar-refractivity contribution < 1.29 is 14.6 Å². The number of aliphatic hydroxyl groups is 1. The monoisotopic (exact) mass is 279 g/mol. The lowest BCUT2D eigenvalue weighted by Crippen LogP contribution is -2.36. The maximum atomic E-state index is 11.8. The van der Waals surface area contributed by atoms with Gasteiger partial charge in [0, 0.05) is 6.54 Å². The SMILES string of the molecule is CCCCCNC(=O)C(C)Oc1ccc([C@@H](C)O)cc1. The maximum absolute atomic E-state index is 11.8. The largest absolute Gasteiger partial charge is 0.481 e. The van der Waals surface area contributed by atoms with Crippen molar-refractivity contribution in [2.75, 3.05) is 6.54 Å². The summed E-state index contributed by atoms with van der Waals surface area (Å²) in [7, 11) is 0. The van der Waals surface area contributed by atoms with Gasteiger partial charge >= 0.3 is 0 Å². The first-order valence-corrected chi connectivity index (χ1v) is 7.27. The summed E-state index contributed by atoms with van der Waals surface area (Å²) < 4.78 is 5.57. The van der Waals surface area contributed by atoms with Gasteiger partial charge in [-0.1, -0.05) is 31.9 Å². The summed E-state index contributed by atoms with van der Waals surface area (Å²) in [6, 6.07) is 7.13. The molecule has 1 aromatic rings. The molecular weight excluding hydrogens is 254 g/mol. The molecule has 1 amide bonds. The molecule has 0 aliphatic rings. The van der Waals surface area contributed by atoms with E-state index in [1.807, 2.05) is 0 Å². The van der Waals surface area contributed by atoms with Crippen LogP contribution in [0.4, 0.5) is 0 Å². The number of rotatable bonds is 8. The van der Waals surface area contributed by atoms with Crippen LogP contribution >= 0.6 is 0 Å². The Morgan fingerprint density at radius 2 is 1.90 bits per heavy atom. The first kappa shape index (κ1) is 16.5. The number of nitrogens with one attached hydrogen (secondary N) is 1. The summed E-state index contributed by atoms with van der Waals surface area (Å²) in [5, 5.41) is 12.3. The van der Waals surface area contributed by atoms with E-state index >= 15 is 0 Å². The molecule has 1 aromatic carbocycles. The van der Waals surface area contributed by atoms with Gasteiger partial charge in [-0.05, 0) is 38.0 Å². The molecule has 0 bridgehead atoms. The lowest BCUT2D eigenvalue weighted by molar-refractivity contribution is -0.127. The van der Waals surface area contributed by atoms with Crippen LogP contribution in [0.5, 0.6) is 5.75 Å². The number of hydrogen-bond donors (Lipinski definition) is 2. The average molecular weight is 279 g/mol. The molecule has 0 aliphatic heterocycles. The normalized spacial score (nSPS) is 13.6. The second-order valence-electron chi connectivity index (χ2n) is 5.00. The number of carbonyl (C=O) groups excluding carboxylic acids is 1. The Kier molecular flexibility index (Phi) is 7.09. The zero-order valence-electron chi connectivity index (χ0n) is 12.6. The highest BCUT2D eigenvalue weighted by Crippen LogP contribution is 2.18. The Morgan fingerprint density at radius 1 is 1.25 bits per heavy atom. The van der Waals surface area contributed by atoms with Gasteiger partial charge in [-0.15, -0.1) is 0 Å². The summed E-state index contributed by atoms with van der Waals surface area (Å²) in [5.41, 5.74) is 0.828. The van der Waals surface area contributed by atoms with Gasteiger partial charge in [0.05, 0.1) is 6.10 Å². The molecule has 112 valence electrons. The Balaban J connectivity index is 2.40. The third-order valence-corrected chi connectivity index (χ3v) is 3.12. The van der Waals surface area contributed by atoms with Gasteiger partial charge in [0.25, 0.3) is 5.91 Å². The van der Waals surface area contributed by atoms with Crippen LogP contribution in [0.25, 0.3) is 0 Å². The highest BCUT2D eigenvalue weighted by Gasteiger charge is 2.13. The Hall–Kier alpha value is -1.55. The van der Waals surface area contributed by atoms with Crippen molar-refractivity contribution in [1.82, 2.24) is 5.32 Å². The molecule has 4 nitrogen and oxygen atoms in total. The van der Waals surface area contributed by atoms with Gasteiger partial charge in [-0.3, -0.25) is 4.79 Å². The van der Waals surface area contributed by atoms with Gasteiger partial charge in [0.1, 0.15) is 5.75 Å². The van der Waals surface area contributed by atoms with E-state index in [1.54, 1.807) is 38.1 Å². The highest BCUT2D eigenvalue weighted by atomic mass is 16.5. The van der Waals surface area contributed by atoms with Crippen molar-refractivity contribution in [2.24, 2.45) is 0 Å². The molecule has 2 N–H and O–H groups in total. The van der Waals surface area contributed by atoms with E-state index < -0.39 is 12.2 Å². The third-order valence-electron chi connectivity index (χ3n) is 3.12. The van der Waals surface area contributed by atoms with Crippen molar-refractivity contribution in [1.29, 1.82) is 0 Å². The van der Waals surface area contributed by atoms with Crippen LogP contribution in [0.1, 0.15) is 51.7 Å². The minimum atomic E-state index is -0.519. The van der Waals surface area contributed by atoms with Gasteiger partial charge in [-0.25, -0.2) is 0 Å². The predicted molar refractivity (Wildman–Crippen MR) is 79.7 cm³/mol. The van der Waals surface area contributed by atoms with Gasteiger partial charge in [0.2, 0.25) is 0 Å². The predicted octanol–water partition coefficient (Wildman–Crippen LogP) is 2.81. The number of benzene rings is 1. The smallest absolute Gasteiger partial charge is 0.260 e. The minimum Gasteiger partial charge on any atom is -0.481 e. The van der Waals surface area contributed by atoms with Crippen LogP contribution in [-0.4, -0.2) is 23.7 Å². The molecule has 0 fully saturated rings. The first-order chi connectivity index (χ1) is 9.54. The van der Waals surface area contributed by atoms with Crippen LogP contribution in [0.2, 0.25) is 0 Å². The Bertz CT molecular complexity index is 401. The first-order valence-electron chi connectivity index (χ1n) is 7.27. The van der Waals surface area contributed by atoms with Crippen molar-refractivity contribution in [3.63, 3.8) is 0 Å². The number of amides is 1. The molecular formula is C16H25NO3. The molecule has 20 heavy (non-hydrogen) atoms. The van der Waals surface area contributed by atoms with Gasteiger partial charge in [0.15, 0.2) is 6.10 Å². The molecule has 0 heterocycles. The molecule has 2 atom stereocenters. The Labute approximate surface area is 121 Å². The molecule has 1 rings (SSSR count). The topological polar surface area (TPSA) is 58.6 Å². The van der Waals surface area contributed by atoms with Crippen molar-refractivity contribution >= 4 is 5.91 Å². The summed E-state index contributed by atoms with van der Waals surface area (Å²) in [6.07, 6.45) is 2.24. The number of aliphatic hydroxyl groups excluding tert-OH is 1. The van der Waals surface area contributed by atoms with E-state index in [0.29, 0.717) is 12.3 Å². The zero-order valence-corrected chi connectivity index (χ0v) is 12.6. The number of carbonyl (C=O) groups is 1. The van der Waals surface area contributed by atoms with Crippen molar-refractivity contribution in [3.8, 4) is 5.75 Å². The fourth-order valence-electron chi connectivity index (χ4n) is 1.81. The molecule has 0 saturated heterocycles. The minimum absolute atomic E-state index is 0.0966. The number of unbranched alkanes of at least 4 members (excludes halogenated alkanes) is 2. The van der Waals surface area contributed by atoms with Crippen LogP contribution < -0.4 is 10.1 Å². The van der Waals surface area contributed by atoms with Gasteiger partial charge in [-0.2, -0.15) is 0 Å². The molecule has 0 saturated carbocycles.